The summed E-state index contributed by atoms with van der Waals surface area (Å²) in [5.41, 5.74) is 2.99. The minimum Gasteiger partial charge on any atom is -0.481 e. The molecule has 2 nitrogen and oxygen atoms in total. The molecule has 0 fully saturated rings. The predicted octanol–water partition coefficient (Wildman–Crippen LogP) is 3.88. The van der Waals surface area contributed by atoms with Gasteiger partial charge in [-0.15, -0.1) is 0 Å². The number of hydrogen-bond donors (Lipinski definition) is 1. The first-order valence-corrected chi connectivity index (χ1v) is 6.19. The van der Waals surface area contributed by atoms with Gasteiger partial charge in [-0.3, -0.25) is 4.79 Å². The molecule has 0 aliphatic heterocycles. The maximum absolute atomic E-state index is 11.3. The maximum atomic E-state index is 11.3. The quantitative estimate of drug-likeness (QED) is 0.896. The number of rotatable bonds is 4. The van der Waals surface area contributed by atoms with E-state index in [4.69, 9.17) is 0 Å². The first-order chi connectivity index (χ1) is 9.16. The lowest BCUT2D eigenvalue weighted by Gasteiger charge is -2.07. The third-order valence-corrected chi connectivity index (χ3v) is 2.98. The van der Waals surface area contributed by atoms with Crippen molar-refractivity contribution in [1.29, 1.82) is 0 Å². The minimum absolute atomic E-state index is 0.609. The van der Waals surface area contributed by atoms with E-state index in [1.807, 2.05) is 67.6 Å². The zero-order chi connectivity index (χ0) is 13.7. The molecule has 0 bridgehead atoms. The Morgan fingerprint density at radius 3 is 2.26 bits per heavy atom. The molecule has 2 heteroatoms. The third kappa shape index (κ3) is 3.55. The van der Waals surface area contributed by atoms with Crippen LogP contribution in [0.15, 0.2) is 60.7 Å². The average molecular weight is 252 g/mol. The monoisotopic (exact) mass is 252 g/mol. The smallest absolute Gasteiger partial charge is 0.314 e. The summed E-state index contributed by atoms with van der Waals surface area (Å²) >= 11 is 0. The van der Waals surface area contributed by atoms with E-state index in [9.17, 15) is 9.90 Å². The zero-order valence-electron chi connectivity index (χ0n) is 10.8. The number of aliphatic carboxylic acids is 1. The van der Waals surface area contributed by atoms with Crippen molar-refractivity contribution in [3.63, 3.8) is 0 Å². The molecular weight excluding hydrogens is 236 g/mol. The molecule has 0 radical (unpaired) electrons. The van der Waals surface area contributed by atoms with Crippen molar-refractivity contribution in [1.82, 2.24) is 0 Å². The predicted molar refractivity (Wildman–Crippen MR) is 77.0 cm³/mol. The summed E-state index contributed by atoms with van der Waals surface area (Å²) in [7, 11) is 0. The van der Waals surface area contributed by atoms with E-state index in [1.54, 1.807) is 6.08 Å². The molecule has 0 saturated heterocycles. The Morgan fingerprint density at radius 1 is 1.05 bits per heavy atom. The van der Waals surface area contributed by atoms with Crippen LogP contribution in [0.2, 0.25) is 0 Å². The highest BCUT2D eigenvalue weighted by atomic mass is 16.4. The van der Waals surface area contributed by atoms with Crippen LogP contribution in [0.25, 0.3) is 6.08 Å². The Labute approximate surface area is 113 Å². The van der Waals surface area contributed by atoms with E-state index < -0.39 is 11.9 Å². The summed E-state index contributed by atoms with van der Waals surface area (Å²) in [6, 6.07) is 17.2. The van der Waals surface area contributed by atoms with Gasteiger partial charge in [0.2, 0.25) is 0 Å². The first kappa shape index (κ1) is 13.1. The minimum atomic E-state index is -0.838. The van der Waals surface area contributed by atoms with Crippen LogP contribution in [0.5, 0.6) is 0 Å². The van der Waals surface area contributed by atoms with Crippen LogP contribution in [-0.2, 0) is 4.79 Å². The second-order valence-electron chi connectivity index (χ2n) is 4.50. The molecular formula is C17H16O2. The van der Waals surface area contributed by atoms with Gasteiger partial charge in [-0.25, -0.2) is 0 Å². The van der Waals surface area contributed by atoms with Crippen LogP contribution in [0.1, 0.15) is 22.6 Å². The van der Waals surface area contributed by atoms with Crippen LogP contribution in [0.3, 0.4) is 0 Å². The zero-order valence-corrected chi connectivity index (χ0v) is 10.8. The highest BCUT2D eigenvalue weighted by Crippen LogP contribution is 2.19. The van der Waals surface area contributed by atoms with Crippen LogP contribution in [0, 0.1) is 6.92 Å². The average Bonchev–Trinajstić information content (AvgIpc) is 2.42. The Hall–Kier alpha value is -2.35. The summed E-state index contributed by atoms with van der Waals surface area (Å²) in [5, 5.41) is 9.30. The van der Waals surface area contributed by atoms with Gasteiger partial charge in [0.05, 0.1) is 0 Å². The molecule has 0 aliphatic rings. The molecule has 0 heterocycles. The standard InChI is InChI=1S/C17H16O2/c1-13-7-9-14(10-8-13)11-12-16(17(18)19)15-5-3-2-4-6-15/h2-12,16H,1H3,(H,18,19)/b12-11+. The first-order valence-electron chi connectivity index (χ1n) is 6.19. The summed E-state index contributed by atoms with van der Waals surface area (Å²) in [6.07, 6.45) is 3.58. The summed E-state index contributed by atoms with van der Waals surface area (Å²) in [4.78, 5) is 11.3. The van der Waals surface area contributed by atoms with Crippen molar-refractivity contribution in [3.8, 4) is 0 Å². The van der Waals surface area contributed by atoms with Crippen LogP contribution in [0.4, 0.5) is 0 Å². The van der Waals surface area contributed by atoms with Crippen LogP contribution in [-0.4, -0.2) is 11.1 Å². The van der Waals surface area contributed by atoms with Crippen molar-refractivity contribution in [2.75, 3.05) is 0 Å². The second kappa shape index (κ2) is 6.01. The lowest BCUT2D eigenvalue weighted by Crippen LogP contribution is -2.08. The Balaban J connectivity index is 2.22. The normalized spacial score (nSPS) is 12.5. The number of carbonyl (C=O) groups is 1. The molecule has 1 unspecified atom stereocenters. The van der Waals surface area contributed by atoms with E-state index in [-0.39, 0.29) is 0 Å². The molecule has 1 atom stereocenters. The SMILES string of the molecule is Cc1ccc(/C=C/C(C(=O)O)c2ccccc2)cc1. The Morgan fingerprint density at radius 2 is 1.68 bits per heavy atom. The fourth-order valence-corrected chi connectivity index (χ4v) is 1.88. The van der Waals surface area contributed by atoms with Crippen molar-refractivity contribution < 1.29 is 9.90 Å². The van der Waals surface area contributed by atoms with E-state index in [0.29, 0.717) is 0 Å². The van der Waals surface area contributed by atoms with Gasteiger partial charge in [0.25, 0.3) is 0 Å². The molecule has 0 amide bonds. The molecule has 0 aromatic heterocycles. The van der Waals surface area contributed by atoms with Gasteiger partial charge < -0.3 is 5.11 Å². The lowest BCUT2D eigenvalue weighted by molar-refractivity contribution is -0.137. The van der Waals surface area contributed by atoms with Gasteiger partial charge in [-0.1, -0.05) is 72.3 Å². The van der Waals surface area contributed by atoms with Crippen molar-refractivity contribution in [3.05, 3.63) is 77.4 Å². The second-order valence-corrected chi connectivity index (χ2v) is 4.50. The number of carboxylic acid groups (broad SMARTS) is 1. The maximum Gasteiger partial charge on any atom is 0.314 e. The van der Waals surface area contributed by atoms with Gasteiger partial charge in [0.15, 0.2) is 0 Å². The Kier molecular flexibility index (Phi) is 4.14. The molecule has 2 aromatic rings. The van der Waals surface area contributed by atoms with Gasteiger partial charge in [0.1, 0.15) is 5.92 Å². The molecule has 1 N–H and O–H groups in total. The number of hydrogen-bond acceptors (Lipinski definition) is 1. The molecule has 0 aliphatic carbocycles. The molecule has 19 heavy (non-hydrogen) atoms. The van der Waals surface area contributed by atoms with E-state index in [0.717, 1.165) is 11.1 Å². The topological polar surface area (TPSA) is 37.3 Å². The third-order valence-electron chi connectivity index (χ3n) is 2.98. The lowest BCUT2D eigenvalue weighted by atomic mass is 9.98. The van der Waals surface area contributed by atoms with Gasteiger partial charge >= 0.3 is 5.97 Å². The molecule has 2 rings (SSSR count). The van der Waals surface area contributed by atoms with E-state index >= 15 is 0 Å². The summed E-state index contributed by atoms with van der Waals surface area (Å²) in [5.74, 6) is -1.45. The van der Waals surface area contributed by atoms with E-state index in [2.05, 4.69) is 0 Å². The largest absolute Gasteiger partial charge is 0.481 e. The van der Waals surface area contributed by atoms with Crippen molar-refractivity contribution in [2.45, 2.75) is 12.8 Å². The van der Waals surface area contributed by atoms with Gasteiger partial charge in [0, 0.05) is 0 Å². The number of benzene rings is 2. The number of aryl methyl sites for hydroxylation is 1. The van der Waals surface area contributed by atoms with Gasteiger partial charge in [-0.2, -0.15) is 0 Å². The van der Waals surface area contributed by atoms with Crippen LogP contribution < -0.4 is 0 Å². The molecule has 2 aromatic carbocycles. The fraction of sp³-hybridized carbons (Fsp3) is 0.118. The van der Waals surface area contributed by atoms with Gasteiger partial charge in [-0.05, 0) is 18.1 Å². The molecule has 0 saturated carbocycles. The highest BCUT2D eigenvalue weighted by molar-refractivity contribution is 5.80. The van der Waals surface area contributed by atoms with Crippen molar-refractivity contribution >= 4 is 12.0 Å². The summed E-state index contributed by atoms with van der Waals surface area (Å²) < 4.78 is 0. The highest BCUT2D eigenvalue weighted by Gasteiger charge is 2.15. The Bertz CT molecular complexity index is 568. The van der Waals surface area contributed by atoms with E-state index in [1.165, 1.54) is 5.56 Å². The summed E-state index contributed by atoms with van der Waals surface area (Å²) in [6.45, 7) is 2.03. The number of carboxylic acids is 1. The fourth-order valence-electron chi connectivity index (χ4n) is 1.88. The molecule has 96 valence electrons. The van der Waals surface area contributed by atoms with Crippen molar-refractivity contribution in [2.24, 2.45) is 0 Å². The van der Waals surface area contributed by atoms with Crippen LogP contribution >= 0.6 is 0 Å². The molecule has 0 spiro atoms.